The molecule has 0 aliphatic carbocycles. The molecule has 0 heterocycles. The summed E-state index contributed by atoms with van der Waals surface area (Å²) in [5, 5.41) is 0. The number of carbonyl (C=O) groups is 3. The summed E-state index contributed by atoms with van der Waals surface area (Å²) < 4.78 is 16.9. The SMILES string of the molecule is CCCCCCCCCC/C=C\CCCCCCCCCCCCCC(=O)OCC(COC(=O)CCCCCCCCCCC)OC(=O)CCCCCCCCCCCCCCCCCCCCCC. The second-order valence-corrected chi connectivity index (χ2v) is 21.7. The van der Waals surface area contributed by atoms with E-state index >= 15 is 0 Å². The number of ether oxygens (including phenoxy) is 3. The molecule has 0 spiro atoms. The first-order valence-electron chi connectivity index (χ1n) is 31.7. The van der Waals surface area contributed by atoms with Crippen LogP contribution < -0.4 is 0 Å². The highest BCUT2D eigenvalue weighted by Gasteiger charge is 2.19. The van der Waals surface area contributed by atoms with Crippen molar-refractivity contribution in [2.45, 2.75) is 367 Å². The minimum Gasteiger partial charge on any atom is -0.462 e. The van der Waals surface area contributed by atoms with Crippen molar-refractivity contribution in [3.8, 4) is 0 Å². The fraction of sp³-hybridized carbons (Fsp3) is 0.922. The normalized spacial score (nSPS) is 12.0. The molecule has 0 aliphatic heterocycles. The number of hydrogen-bond acceptors (Lipinski definition) is 6. The first kappa shape index (κ1) is 68.2. The fourth-order valence-electron chi connectivity index (χ4n) is 9.74. The van der Waals surface area contributed by atoms with Gasteiger partial charge in [-0.25, -0.2) is 0 Å². The Bertz CT molecular complexity index is 1090. The van der Waals surface area contributed by atoms with E-state index < -0.39 is 6.10 Å². The molecule has 0 aromatic carbocycles. The molecule has 0 amide bonds. The van der Waals surface area contributed by atoms with Crippen molar-refractivity contribution >= 4 is 17.9 Å². The Morgan fingerprint density at radius 2 is 0.471 bits per heavy atom. The molecule has 0 fully saturated rings. The van der Waals surface area contributed by atoms with Gasteiger partial charge in [-0.15, -0.1) is 0 Å². The van der Waals surface area contributed by atoms with Crippen LogP contribution in [0, 0.1) is 0 Å². The smallest absolute Gasteiger partial charge is 0.306 e. The Hall–Kier alpha value is -1.85. The molecule has 0 saturated heterocycles. The second-order valence-electron chi connectivity index (χ2n) is 21.7. The standard InChI is InChI=1S/C64H122O6/c1-4-7-10-13-16-19-21-23-25-27-29-31-32-33-35-36-38-40-42-45-48-51-54-57-63(66)69-60-61(59-68-62(65)56-53-50-47-44-18-15-12-9-6-3)70-64(67)58-55-52-49-46-43-41-39-37-34-30-28-26-24-22-20-17-14-11-8-5-2/h27,29,61H,4-26,28,30-60H2,1-3H3/b29-27-. The predicted molar refractivity (Wildman–Crippen MR) is 303 cm³/mol. The van der Waals surface area contributed by atoms with Crippen LogP contribution in [0.4, 0.5) is 0 Å². The molecule has 70 heavy (non-hydrogen) atoms. The summed E-state index contributed by atoms with van der Waals surface area (Å²) in [5.41, 5.74) is 0. The lowest BCUT2D eigenvalue weighted by Gasteiger charge is -2.18. The largest absolute Gasteiger partial charge is 0.462 e. The molecule has 0 N–H and O–H groups in total. The number of rotatable bonds is 59. The van der Waals surface area contributed by atoms with Crippen LogP contribution in [0.2, 0.25) is 0 Å². The zero-order chi connectivity index (χ0) is 50.7. The van der Waals surface area contributed by atoms with Crippen LogP contribution in [-0.4, -0.2) is 37.2 Å². The molecule has 0 rings (SSSR count). The highest BCUT2D eigenvalue weighted by molar-refractivity contribution is 5.71. The van der Waals surface area contributed by atoms with Crippen LogP contribution in [0.3, 0.4) is 0 Å². The van der Waals surface area contributed by atoms with Crippen molar-refractivity contribution in [1.29, 1.82) is 0 Å². The van der Waals surface area contributed by atoms with Gasteiger partial charge in [-0.2, -0.15) is 0 Å². The molecule has 0 aromatic heterocycles. The van der Waals surface area contributed by atoms with E-state index in [0.717, 1.165) is 57.8 Å². The molecule has 6 nitrogen and oxygen atoms in total. The van der Waals surface area contributed by atoms with Crippen molar-refractivity contribution in [3.63, 3.8) is 0 Å². The molecule has 0 radical (unpaired) electrons. The van der Waals surface area contributed by atoms with E-state index in [4.69, 9.17) is 14.2 Å². The van der Waals surface area contributed by atoms with Crippen molar-refractivity contribution in [2.75, 3.05) is 13.2 Å². The zero-order valence-corrected chi connectivity index (χ0v) is 47.6. The molecular weight excluding hydrogens is 865 g/mol. The van der Waals surface area contributed by atoms with Crippen molar-refractivity contribution in [2.24, 2.45) is 0 Å². The second kappa shape index (κ2) is 59.7. The topological polar surface area (TPSA) is 78.9 Å². The predicted octanol–water partition coefficient (Wildman–Crippen LogP) is 21.3. The highest BCUT2D eigenvalue weighted by Crippen LogP contribution is 2.18. The van der Waals surface area contributed by atoms with Crippen LogP contribution in [0.25, 0.3) is 0 Å². The Balaban J connectivity index is 4.16. The lowest BCUT2D eigenvalue weighted by molar-refractivity contribution is -0.167. The summed E-state index contributed by atoms with van der Waals surface area (Å²) in [6.07, 6.45) is 69.4. The summed E-state index contributed by atoms with van der Waals surface area (Å²) >= 11 is 0. The van der Waals surface area contributed by atoms with Gasteiger partial charge < -0.3 is 14.2 Å². The quantitative estimate of drug-likeness (QED) is 0.0261. The Morgan fingerprint density at radius 3 is 0.714 bits per heavy atom. The average Bonchev–Trinajstić information content (AvgIpc) is 3.36. The van der Waals surface area contributed by atoms with E-state index in [-0.39, 0.29) is 31.1 Å². The van der Waals surface area contributed by atoms with Gasteiger partial charge in [-0.1, -0.05) is 309 Å². The number of unbranched alkanes of at least 4 members (excludes halogenated alkanes) is 46. The van der Waals surface area contributed by atoms with E-state index in [9.17, 15) is 14.4 Å². The van der Waals surface area contributed by atoms with Crippen molar-refractivity contribution in [3.05, 3.63) is 12.2 Å². The molecular formula is C64H122O6. The van der Waals surface area contributed by atoms with Gasteiger partial charge >= 0.3 is 17.9 Å². The van der Waals surface area contributed by atoms with Gasteiger partial charge in [0, 0.05) is 19.3 Å². The van der Waals surface area contributed by atoms with E-state index in [0.29, 0.717) is 19.3 Å². The molecule has 1 unspecified atom stereocenters. The third kappa shape index (κ3) is 57.1. The van der Waals surface area contributed by atoms with Crippen molar-refractivity contribution < 1.29 is 28.6 Å². The summed E-state index contributed by atoms with van der Waals surface area (Å²) in [6.45, 7) is 6.69. The Kier molecular flexibility index (Phi) is 58.1. The fourth-order valence-corrected chi connectivity index (χ4v) is 9.74. The maximum atomic E-state index is 12.9. The summed E-state index contributed by atoms with van der Waals surface area (Å²) in [5.74, 6) is -0.840. The van der Waals surface area contributed by atoms with Crippen LogP contribution >= 0.6 is 0 Å². The number of allylic oxidation sites excluding steroid dienone is 2. The molecule has 414 valence electrons. The van der Waals surface area contributed by atoms with Crippen LogP contribution in [-0.2, 0) is 28.6 Å². The molecule has 6 heteroatoms. The molecule has 0 saturated carbocycles. The van der Waals surface area contributed by atoms with E-state index in [2.05, 4.69) is 32.9 Å². The summed E-state index contributed by atoms with van der Waals surface area (Å²) in [6, 6.07) is 0. The highest BCUT2D eigenvalue weighted by atomic mass is 16.6. The third-order valence-electron chi connectivity index (χ3n) is 14.5. The van der Waals surface area contributed by atoms with Gasteiger partial charge in [-0.05, 0) is 44.9 Å². The zero-order valence-electron chi connectivity index (χ0n) is 47.6. The minimum absolute atomic E-state index is 0.0642. The first-order chi connectivity index (χ1) is 34.5. The maximum Gasteiger partial charge on any atom is 0.306 e. The Morgan fingerprint density at radius 1 is 0.271 bits per heavy atom. The lowest BCUT2D eigenvalue weighted by atomic mass is 10.0. The Labute approximate surface area is 437 Å². The maximum absolute atomic E-state index is 12.9. The summed E-state index contributed by atoms with van der Waals surface area (Å²) in [4.78, 5) is 38.1. The molecule has 0 bridgehead atoms. The first-order valence-corrected chi connectivity index (χ1v) is 31.7. The summed E-state index contributed by atoms with van der Waals surface area (Å²) in [7, 11) is 0. The van der Waals surface area contributed by atoms with E-state index in [1.54, 1.807) is 0 Å². The minimum atomic E-state index is -0.764. The third-order valence-corrected chi connectivity index (χ3v) is 14.5. The average molecular weight is 988 g/mol. The van der Waals surface area contributed by atoms with Gasteiger partial charge in [0.05, 0.1) is 0 Å². The number of carbonyl (C=O) groups excluding carboxylic acids is 3. The van der Waals surface area contributed by atoms with E-state index in [1.807, 2.05) is 0 Å². The van der Waals surface area contributed by atoms with Crippen LogP contribution in [0.1, 0.15) is 361 Å². The van der Waals surface area contributed by atoms with Gasteiger partial charge in [0.2, 0.25) is 0 Å². The van der Waals surface area contributed by atoms with Gasteiger partial charge in [0.25, 0.3) is 0 Å². The van der Waals surface area contributed by atoms with Gasteiger partial charge in [0.15, 0.2) is 6.10 Å². The van der Waals surface area contributed by atoms with Crippen LogP contribution in [0.15, 0.2) is 12.2 Å². The van der Waals surface area contributed by atoms with Gasteiger partial charge in [-0.3, -0.25) is 14.4 Å². The molecule has 0 aromatic rings. The monoisotopic (exact) mass is 987 g/mol. The van der Waals surface area contributed by atoms with Crippen LogP contribution in [0.5, 0.6) is 0 Å². The van der Waals surface area contributed by atoms with Crippen molar-refractivity contribution in [1.82, 2.24) is 0 Å². The van der Waals surface area contributed by atoms with E-state index in [1.165, 1.54) is 263 Å². The number of hydrogen-bond donors (Lipinski definition) is 0. The molecule has 1 atom stereocenters. The lowest BCUT2D eigenvalue weighted by Crippen LogP contribution is -2.30. The number of esters is 3. The molecule has 0 aliphatic rings. The van der Waals surface area contributed by atoms with Gasteiger partial charge in [0.1, 0.15) is 13.2 Å².